The molecule has 2 aromatic carbocycles. The Labute approximate surface area is 160 Å². The lowest BCUT2D eigenvalue weighted by molar-refractivity contribution is 0.264. The maximum absolute atomic E-state index is 10.4. The molecule has 1 fully saturated rings. The van der Waals surface area contributed by atoms with Crippen molar-refractivity contribution in [1.82, 2.24) is 0 Å². The van der Waals surface area contributed by atoms with Gasteiger partial charge in [-0.15, -0.1) is 0 Å². The zero-order valence-electron chi connectivity index (χ0n) is 15.7. The third kappa shape index (κ3) is 3.84. The number of thiocarbonyl (C=S) groups is 1. The summed E-state index contributed by atoms with van der Waals surface area (Å²) in [5.74, 6) is 1.39. The average Bonchev–Trinajstić information content (AvgIpc) is 3.47. The fourth-order valence-electron chi connectivity index (χ4n) is 3.15. The SMILES string of the molecule is COC(=S)N(O)c1cccc(C2CC2)c1COc1cc(C)c(C)cc1C. The van der Waals surface area contributed by atoms with Crippen molar-refractivity contribution in [3.63, 3.8) is 0 Å². The van der Waals surface area contributed by atoms with Crippen molar-refractivity contribution >= 4 is 23.1 Å². The van der Waals surface area contributed by atoms with E-state index in [1.807, 2.05) is 19.1 Å². The van der Waals surface area contributed by atoms with Crippen LogP contribution in [0.2, 0.25) is 0 Å². The molecule has 3 rings (SSSR count). The lowest BCUT2D eigenvalue weighted by Gasteiger charge is -2.22. The summed E-state index contributed by atoms with van der Waals surface area (Å²) < 4.78 is 11.2. The molecule has 0 saturated heterocycles. The number of aryl methyl sites for hydroxylation is 3. The van der Waals surface area contributed by atoms with Gasteiger partial charge in [0.05, 0.1) is 12.8 Å². The van der Waals surface area contributed by atoms with Crippen LogP contribution in [0.1, 0.15) is 46.6 Å². The first kappa shape index (κ1) is 18.7. The summed E-state index contributed by atoms with van der Waals surface area (Å²) in [5, 5.41) is 11.4. The maximum Gasteiger partial charge on any atom is 0.288 e. The third-order valence-corrected chi connectivity index (χ3v) is 5.28. The van der Waals surface area contributed by atoms with Crippen LogP contribution in [0, 0.1) is 20.8 Å². The van der Waals surface area contributed by atoms with Gasteiger partial charge in [0.15, 0.2) is 0 Å². The molecule has 138 valence electrons. The van der Waals surface area contributed by atoms with Crippen molar-refractivity contribution in [2.75, 3.05) is 12.2 Å². The Kier molecular flexibility index (Phi) is 5.49. The molecule has 0 unspecified atom stereocenters. The molecule has 4 nitrogen and oxygen atoms in total. The van der Waals surface area contributed by atoms with Crippen LogP contribution in [0.3, 0.4) is 0 Å². The number of anilines is 1. The molecule has 1 N–H and O–H groups in total. The molecular formula is C21H25NO3S. The van der Waals surface area contributed by atoms with E-state index in [4.69, 9.17) is 21.7 Å². The van der Waals surface area contributed by atoms with Crippen molar-refractivity contribution in [2.45, 2.75) is 46.1 Å². The Hall–Kier alpha value is -2.11. The van der Waals surface area contributed by atoms with Crippen LogP contribution in [0.15, 0.2) is 30.3 Å². The summed E-state index contributed by atoms with van der Waals surface area (Å²) >= 11 is 5.09. The highest BCUT2D eigenvalue weighted by Gasteiger charge is 2.29. The number of benzene rings is 2. The number of hydrogen-bond acceptors (Lipinski definition) is 4. The number of rotatable bonds is 5. The molecule has 0 atom stereocenters. The fourth-order valence-corrected chi connectivity index (χ4v) is 3.25. The summed E-state index contributed by atoms with van der Waals surface area (Å²) in [6, 6.07) is 10.1. The van der Waals surface area contributed by atoms with Gasteiger partial charge in [-0.25, -0.2) is 0 Å². The van der Waals surface area contributed by atoms with E-state index in [2.05, 4.69) is 32.0 Å². The van der Waals surface area contributed by atoms with Gasteiger partial charge in [0.1, 0.15) is 12.4 Å². The highest BCUT2D eigenvalue weighted by molar-refractivity contribution is 7.80. The van der Waals surface area contributed by atoms with Crippen molar-refractivity contribution in [2.24, 2.45) is 0 Å². The zero-order valence-corrected chi connectivity index (χ0v) is 16.5. The molecule has 1 aliphatic rings. The van der Waals surface area contributed by atoms with Crippen molar-refractivity contribution < 1.29 is 14.7 Å². The second-order valence-electron chi connectivity index (χ2n) is 6.89. The molecule has 0 radical (unpaired) electrons. The topological polar surface area (TPSA) is 41.9 Å². The molecule has 0 amide bonds. The van der Waals surface area contributed by atoms with Gasteiger partial charge in [-0.3, -0.25) is 5.21 Å². The van der Waals surface area contributed by atoms with Gasteiger partial charge in [0.2, 0.25) is 0 Å². The third-order valence-electron chi connectivity index (χ3n) is 4.94. The number of methoxy groups -OCH3 is 1. The van der Waals surface area contributed by atoms with E-state index in [-0.39, 0.29) is 5.17 Å². The van der Waals surface area contributed by atoms with E-state index in [1.165, 1.54) is 36.6 Å². The van der Waals surface area contributed by atoms with Gasteiger partial charge in [0.25, 0.3) is 5.17 Å². The summed E-state index contributed by atoms with van der Waals surface area (Å²) in [6.45, 7) is 6.60. The zero-order chi connectivity index (χ0) is 18.8. The Morgan fingerprint density at radius 3 is 2.50 bits per heavy atom. The van der Waals surface area contributed by atoms with E-state index in [9.17, 15) is 5.21 Å². The van der Waals surface area contributed by atoms with Crippen LogP contribution in [-0.2, 0) is 11.3 Å². The highest BCUT2D eigenvalue weighted by Crippen LogP contribution is 2.44. The van der Waals surface area contributed by atoms with Crippen LogP contribution in [0.4, 0.5) is 5.69 Å². The second kappa shape index (κ2) is 7.64. The van der Waals surface area contributed by atoms with Gasteiger partial charge in [-0.2, -0.15) is 5.06 Å². The summed E-state index contributed by atoms with van der Waals surface area (Å²) in [6.07, 6.45) is 2.33. The lowest BCUT2D eigenvalue weighted by Crippen LogP contribution is -2.28. The van der Waals surface area contributed by atoms with Crippen LogP contribution in [0.25, 0.3) is 0 Å². The van der Waals surface area contributed by atoms with E-state index in [0.29, 0.717) is 18.2 Å². The van der Waals surface area contributed by atoms with Crippen LogP contribution < -0.4 is 9.80 Å². The Morgan fingerprint density at radius 1 is 1.15 bits per heavy atom. The molecule has 0 spiro atoms. The number of hydroxylamine groups is 1. The quantitative estimate of drug-likeness (QED) is 0.578. The summed E-state index contributed by atoms with van der Waals surface area (Å²) in [7, 11) is 1.45. The van der Waals surface area contributed by atoms with Crippen LogP contribution >= 0.6 is 12.2 Å². The molecular weight excluding hydrogens is 346 g/mol. The van der Waals surface area contributed by atoms with Crippen LogP contribution in [-0.4, -0.2) is 17.5 Å². The maximum atomic E-state index is 10.4. The van der Waals surface area contributed by atoms with E-state index < -0.39 is 0 Å². The number of hydrogen-bond donors (Lipinski definition) is 1. The molecule has 5 heteroatoms. The smallest absolute Gasteiger partial charge is 0.288 e. The van der Waals surface area contributed by atoms with Gasteiger partial charge in [0, 0.05) is 5.56 Å². The first-order valence-corrected chi connectivity index (χ1v) is 9.22. The Balaban J connectivity index is 1.93. The minimum atomic E-state index is 0.0153. The first-order chi connectivity index (χ1) is 12.4. The average molecular weight is 372 g/mol. The van der Waals surface area contributed by atoms with Gasteiger partial charge >= 0.3 is 0 Å². The first-order valence-electron chi connectivity index (χ1n) is 8.81. The van der Waals surface area contributed by atoms with E-state index in [0.717, 1.165) is 21.9 Å². The normalized spacial score (nSPS) is 13.4. The van der Waals surface area contributed by atoms with Crippen molar-refractivity contribution in [3.8, 4) is 5.75 Å². The standard InChI is InChI=1S/C21H25NO3S/c1-13-10-15(3)20(11-14(13)2)25-12-18-17(16-8-9-16)6-5-7-19(18)22(23)21(26)24-4/h5-7,10-11,16,23H,8-9,12H2,1-4H3. The largest absolute Gasteiger partial charge is 0.489 e. The van der Waals surface area contributed by atoms with Crippen LogP contribution in [0.5, 0.6) is 5.75 Å². The predicted molar refractivity (Wildman–Crippen MR) is 107 cm³/mol. The monoisotopic (exact) mass is 371 g/mol. The molecule has 0 aliphatic heterocycles. The lowest BCUT2D eigenvalue weighted by atomic mass is 10.0. The molecule has 2 aromatic rings. The Bertz CT molecular complexity index is 830. The number of ether oxygens (including phenoxy) is 2. The summed E-state index contributed by atoms with van der Waals surface area (Å²) in [4.78, 5) is 0. The van der Waals surface area contributed by atoms with Crippen molar-refractivity contribution in [1.29, 1.82) is 0 Å². The number of nitrogens with zero attached hydrogens (tertiary/aromatic N) is 1. The predicted octanol–water partition coefficient (Wildman–Crippen LogP) is 5.20. The molecule has 1 saturated carbocycles. The van der Waals surface area contributed by atoms with Gasteiger partial charge in [-0.05, 0) is 86.1 Å². The minimum absolute atomic E-state index is 0.0153. The highest BCUT2D eigenvalue weighted by atomic mass is 32.1. The minimum Gasteiger partial charge on any atom is -0.489 e. The fraction of sp³-hybridized carbons (Fsp3) is 0.381. The molecule has 0 bridgehead atoms. The molecule has 1 aliphatic carbocycles. The molecule has 26 heavy (non-hydrogen) atoms. The molecule has 0 aromatic heterocycles. The van der Waals surface area contributed by atoms with E-state index >= 15 is 0 Å². The van der Waals surface area contributed by atoms with Gasteiger partial charge in [-0.1, -0.05) is 18.2 Å². The molecule has 0 heterocycles. The van der Waals surface area contributed by atoms with Gasteiger partial charge < -0.3 is 9.47 Å². The second-order valence-corrected chi connectivity index (χ2v) is 7.24. The van der Waals surface area contributed by atoms with E-state index in [1.54, 1.807) is 0 Å². The Morgan fingerprint density at radius 2 is 1.85 bits per heavy atom. The summed E-state index contributed by atoms with van der Waals surface area (Å²) in [5.41, 5.74) is 6.33. The van der Waals surface area contributed by atoms with Crippen molar-refractivity contribution in [3.05, 3.63) is 58.1 Å².